The van der Waals surface area contributed by atoms with Gasteiger partial charge in [0.25, 0.3) is 0 Å². The number of nitrogens with one attached hydrogen (secondary N) is 2. The van der Waals surface area contributed by atoms with E-state index < -0.39 is 6.03 Å². The van der Waals surface area contributed by atoms with Gasteiger partial charge in [0.05, 0.1) is 21.7 Å². The Bertz CT molecular complexity index is 1660. The van der Waals surface area contributed by atoms with Crippen molar-refractivity contribution in [2.24, 2.45) is 0 Å². The summed E-state index contributed by atoms with van der Waals surface area (Å²) in [5, 5.41) is 6.80. The smallest absolute Gasteiger partial charge is 0.323 e. The van der Waals surface area contributed by atoms with E-state index in [1.807, 2.05) is 6.20 Å². The number of carbonyl (C=O) groups is 2. The van der Waals surface area contributed by atoms with Crippen LogP contribution in [0.15, 0.2) is 55.0 Å². The number of nitrogen functional groups attached to an aromatic ring is 1. The van der Waals surface area contributed by atoms with Gasteiger partial charge in [0.2, 0.25) is 0 Å². The van der Waals surface area contributed by atoms with Crippen molar-refractivity contribution in [2.75, 3.05) is 49.6 Å². The second-order valence-corrected chi connectivity index (χ2v) is 12.2. The first-order valence-electron chi connectivity index (χ1n) is 14.5. The molecule has 0 bridgehead atoms. The van der Waals surface area contributed by atoms with Gasteiger partial charge in [-0.1, -0.05) is 35.3 Å². The Morgan fingerprint density at radius 3 is 2.42 bits per heavy atom. The summed E-state index contributed by atoms with van der Waals surface area (Å²) in [5.41, 5.74) is 8.71. The third-order valence-corrected chi connectivity index (χ3v) is 9.11. The lowest BCUT2D eigenvalue weighted by Crippen LogP contribution is -2.49. The van der Waals surface area contributed by atoms with E-state index in [0.29, 0.717) is 49.6 Å². The molecule has 1 saturated carbocycles. The number of likely N-dealkylation sites (N-methyl/N-ethyl adjacent to an activating group) is 1. The fourth-order valence-corrected chi connectivity index (χ4v) is 6.67. The average Bonchev–Trinajstić information content (AvgIpc) is 3.40. The summed E-state index contributed by atoms with van der Waals surface area (Å²) in [6.07, 6.45) is 7.56. The number of benzene rings is 2. The third kappa shape index (κ3) is 6.33. The zero-order valence-electron chi connectivity index (χ0n) is 23.9. The van der Waals surface area contributed by atoms with Gasteiger partial charge >= 0.3 is 6.03 Å². The quantitative estimate of drug-likeness (QED) is 0.228. The largest absolute Gasteiger partial charge is 0.383 e. The number of halogens is 2. The van der Waals surface area contributed by atoms with Gasteiger partial charge in [-0.15, -0.1) is 0 Å². The fraction of sp³-hybridized carbons (Fsp3) is 0.355. The van der Waals surface area contributed by atoms with E-state index in [0.717, 1.165) is 51.9 Å². The number of rotatable bonds is 6. The minimum atomic E-state index is -0.504. The minimum Gasteiger partial charge on any atom is -0.383 e. The van der Waals surface area contributed by atoms with Crippen molar-refractivity contribution in [1.82, 2.24) is 24.3 Å². The summed E-state index contributed by atoms with van der Waals surface area (Å²) in [4.78, 5) is 40.3. The number of ketones is 1. The Morgan fingerprint density at radius 1 is 0.930 bits per heavy atom. The molecule has 1 saturated heterocycles. The van der Waals surface area contributed by atoms with Crippen LogP contribution in [0, 0.1) is 0 Å². The second kappa shape index (κ2) is 12.5. The molecule has 12 heteroatoms. The molecule has 4 N–H and O–H groups in total. The van der Waals surface area contributed by atoms with Crippen molar-refractivity contribution >= 4 is 63.2 Å². The molecule has 2 fully saturated rings. The number of aromatic nitrogens is 3. The number of nitrogens with zero attached hydrogens (tertiary/aromatic N) is 5. The van der Waals surface area contributed by atoms with Gasteiger partial charge in [0.1, 0.15) is 17.8 Å². The fourth-order valence-electron chi connectivity index (χ4n) is 6.22. The number of anilines is 3. The van der Waals surface area contributed by atoms with E-state index in [-0.39, 0.29) is 17.6 Å². The topological polar surface area (TPSA) is 121 Å². The molecule has 4 aromatic rings. The predicted octanol–water partition coefficient (Wildman–Crippen LogP) is 5.93. The number of nitrogens with two attached hydrogens (primary N) is 1. The Hall–Kier alpha value is -3.70. The maximum Gasteiger partial charge on any atom is 0.323 e. The molecule has 0 spiro atoms. The molecule has 2 aromatic carbocycles. The van der Waals surface area contributed by atoms with E-state index >= 15 is 0 Å². The molecule has 2 amide bonds. The molecule has 10 nitrogen and oxygen atoms in total. The molecular weight excluding hydrogens is 587 g/mol. The first-order chi connectivity index (χ1) is 20.8. The summed E-state index contributed by atoms with van der Waals surface area (Å²) in [6.45, 7) is 4.46. The van der Waals surface area contributed by atoms with Crippen LogP contribution in [0.25, 0.3) is 11.0 Å². The van der Waals surface area contributed by atoms with Crippen LogP contribution in [0.1, 0.15) is 47.6 Å². The lowest BCUT2D eigenvalue weighted by atomic mass is 9.89. The molecule has 43 heavy (non-hydrogen) atoms. The maximum atomic E-state index is 13.9. The zero-order chi connectivity index (χ0) is 30.1. The molecular formula is C31H34Cl2N8O2. The standard InChI is InChI=1S/C31H34Cl2N8O2/c1-39-11-13-40(14-12-39)22-6-8-23(9-7-22)41-17-24(27-29(34)35-18-36-30(27)41)28(42)19-3-2-4-21(15-19)37-31(43)38-26-10-5-20(32)16-25(26)33/h2-5,10,15-18,22-23H,6-9,11-14H2,1H3,(H2,34,35,36)(H2,37,38,43). The minimum absolute atomic E-state index is 0.221. The van der Waals surface area contributed by atoms with Crippen molar-refractivity contribution in [3.05, 3.63) is 76.2 Å². The van der Waals surface area contributed by atoms with Crippen LogP contribution >= 0.6 is 23.2 Å². The van der Waals surface area contributed by atoms with Gasteiger partial charge in [-0.05, 0) is 63.1 Å². The van der Waals surface area contributed by atoms with Crippen LogP contribution in [0.5, 0.6) is 0 Å². The van der Waals surface area contributed by atoms with Crippen LogP contribution in [0.4, 0.5) is 22.0 Å². The highest BCUT2D eigenvalue weighted by Gasteiger charge is 2.30. The van der Waals surface area contributed by atoms with Crippen molar-refractivity contribution in [3.8, 4) is 0 Å². The Balaban J connectivity index is 1.20. The highest BCUT2D eigenvalue weighted by molar-refractivity contribution is 6.36. The summed E-state index contributed by atoms with van der Waals surface area (Å²) in [6, 6.07) is 11.9. The average molecular weight is 622 g/mol. The lowest BCUT2D eigenvalue weighted by molar-refractivity contribution is 0.0827. The highest BCUT2D eigenvalue weighted by Crippen LogP contribution is 2.36. The third-order valence-electron chi connectivity index (χ3n) is 8.56. The van der Waals surface area contributed by atoms with Crippen LogP contribution in [0.2, 0.25) is 10.0 Å². The zero-order valence-corrected chi connectivity index (χ0v) is 25.4. The SMILES string of the molecule is CN1CCN(C2CCC(n3cc(C(=O)c4cccc(NC(=O)Nc5ccc(Cl)cc5Cl)c4)c4c(N)ncnc43)CC2)CC1. The molecule has 3 heterocycles. The van der Waals surface area contributed by atoms with Crippen molar-refractivity contribution in [1.29, 1.82) is 0 Å². The number of amides is 2. The van der Waals surface area contributed by atoms with E-state index in [2.05, 4.69) is 42.0 Å². The van der Waals surface area contributed by atoms with Gasteiger partial charge in [0, 0.05) is 60.7 Å². The van der Waals surface area contributed by atoms with Gasteiger partial charge < -0.3 is 25.8 Å². The maximum absolute atomic E-state index is 13.9. The molecule has 0 radical (unpaired) electrons. The highest BCUT2D eigenvalue weighted by atomic mass is 35.5. The summed E-state index contributed by atoms with van der Waals surface area (Å²) in [7, 11) is 2.18. The van der Waals surface area contributed by atoms with Gasteiger partial charge in [0.15, 0.2) is 5.78 Å². The van der Waals surface area contributed by atoms with Gasteiger partial charge in [-0.25, -0.2) is 14.8 Å². The Morgan fingerprint density at radius 2 is 1.67 bits per heavy atom. The van der Waals surface area contributed by atoms with Crippen molar-refractivity contribution < 1.29 is 9.59 Å². The number of hydrogen-bond acceptors (Lipinski definition) is 7. The molecule has 0 unspecified atom stereocenters. The van der Waals surface area contributed by atoms with Crippen LogP contribution in [-0.4, -0.2) is 75.4 Å². The molecule has 6 rings (SSSR count). The molecule has 1 aliphatic carbocycles. The van der Waals surface area contributed by atoms with Crippen LogP contribution in [-0.2, 0) is 0 Å². The first kappa shape index (κ1) is 29.4. The summed E-state index contributed by atoms with van der Waals surface area (Å²) < 4.78 is 2.12. The molecule has 224 valence electrons. The van der Waals surface area contributed by atoms with E-state index in [1.165, 1.54) is 6.33 Å². The number of hydrogen-bond donors (Lipinski definition) is 3. The van der Waals surface area contributed by atoms with Gasteiger partial charge in [-0.2, -0.15) is 0 Å². The van der Waals surface area contributed by atoms with E-state index in [9.17, 15) is 9.59 Å². The molecule has 0 atom stereocenters. The second-order valence-electron chi connectivity index (χ2n) is 11.3. The number of carbonyl (C=O) groups excluding carboxylic acids is 2. The van der Waals surface area contributed by atoms with Crippen molar-refractivity contribution in [3.63, 3.8) is 0 Å². The lowest BCUT2D eigenvalue weighted by Gasteiger charge is -2.41. The van der Waals surface area contributed by atoms with E-state index in [4.69, 9.17) is 28.9 Å². The Labute approximate surface area is 260 Å². The molecule has 2 aromatic heterocycles. The number of urea groups is 1. The summed E-state index contributed by atoms with van der Waals surface area (Å²) in [5.74, 6) is 0.0490. The normalized spacial score (nSPS) is 19.8. The van der Waals surface area contributed by atoms with Crippen LogP contribution < -0.4 is 16.4 Å². The van der Waals surface area contributed by atoms with Crippen molar-refractivity contribution in [2.45, 2.75) is 37.8 Å². The monoisotopic (exact) mass is 620 g/mol. The first-order valence-corrected chi connectivity index (χ1v) is 15.2. The van der Waals surface area contributed by atoms with Gasteiger partial charge in [-0.3, -0.25) is 9.69 Å². The Kier molecular flexibility index (Phi) is 8.54. The van der Waals surface area contributed by atoms with Crippen LogP contribution in [0.3, 0.4) is 0 Å². The summed E-state index contributed by atoms with van der Waals surface area (Å²) >= 11 is 12.1. The number of piperazine rings is 1. The molecule has 2 aliphatic rings. The molecule has 1 aliphatic heterocycles. The van der Waals surface area contributed by atoms with E-state index in [1.54, 1.807) is 42.5 Å². The predicted molar refractivity (Wildman–Crippen MR) is 171 cm³/mol. The number of fused-ring (bicyclic) bond motifs is 1.